The van der Waals surface area contributed by atoms with Gasteiger partial charge in [0.1, 0.15) is 0 Å². The van der Waals surface area contributed by atoms with Gasteiger partial charge in [0.25, 0.3) is 0 Å². The zero-order valence-corrected chi connectivity index (χ0v) is 12.4. The molecule has 0 fully saturated rings. The predicted molar refractivity (Wildman–Crippen MR) is 77.4 cm³/mol. The van der Waals surface area contributed by atoms with E-state index in [1.807, 2.05) is 6.92 Å². The van der Waals surface area contributed by atoms with Crippen molar-refractivity contribution >= 4 is 0 Å². The molecule has 0 unspecified atom stereocenters. The maximum absolute atomic E-state index is 9.85. The minimum absolute atomic E-state index is 0.417. The van der Waals surface area contributed by atoms with E-state index in [1.165, 1.54) is 64.2 Å². The van der Waals surface area contributed by atoms with Crippen LogP contribution in [0.25, 0.3) is 0 Å². The van der Waals surface area contributed by atoms with E-state index in [0.29, 0.717) is 0 Å². The molecule has 1 atom stereocenters. The molecule has 0 amide bonds. The van der Waals surface area contributed by atoms with Crippen molar-refractivity contribution in [3.05, 3.63) is 0 Å². The monoisotopic (exact) mass is 242 g/mol. The molecule has 0 aromatic rings. The molecule has 0 saturated heterocycles. The van der Waals surface area contributed by atoms with E-state index in [0.717, 1.165) is 12.8 Å². The number of rotatable bonds is 12. The highest BCUT2D eigenvalue weighted by Gasteiger charge is 2.15. The molecule has 0 aliphatic carbocycles. The Hall–Kier alpha value is -0.0400. The van der Waals surface area contributed by atoms with Gasteiger partial charge in [-0.2, -0.15) is 0 Å². The van der Waals surface area contributed by atoms with Gasteiger partial charge >= 0.3 is 0 Å². The lowest BCUT2D eigenvalue weighted by molar-refractivity contribution is 0.0442. The Morgan fingerprint density at radius 2 is 1.12 bits per heavy atom. The van der Waals surface area contributed by atoms with Gasteiger partial charge in [-0.15, -0.1) is 0 Å². The van der Waals surface area contributed by atoms with Crippen LogP contribution >= 0.6 is 0 Å². The second-order valence-corrected chi connectivity index (χ2v) is 5.78. The van der Waals surface area contributed by atoms with E-state index in [4.69, 9.17) is 0 Å². The molecule has 0 radical (unpaired) electrons. The number of aliphatic hydroxyl groups is 1. The van der Waals surface area contributed by atoms with Gasteiger partial charge in [-0.3, -0.25) is 0 Å². The average molecular weight is 242 g/mol. The van der Waals surface area contributed by atoms with Crippen LogP contribution in [0.2, 0.25) is 0 Å². The molecule has 0 aliphatic heterocycles. The van der Waals surface area contributed by atoms with E-state index in [-0.39, 0.29) is 0 Å². The molecule has 1 nitrogen and oxygen atoms in total. The molecular weight excluding hydrogens is 208 g/mol. The first kappa shape index (κ1) is 17.0. The Labute approximate surface area is 109 Å². The van der Waals surface area contributed by atoms with Crippen LogP contribution < -0.4 is 0 Å². The van der Waals surface area contributed by atoms with Crippen LogP contribution in [0, 0.1) is 0 Å². The first-order chi connectivity index (χ1) is 8.12. The van der Waals surface area contributed by atoms with Crippen molar-refractivity contribution in [1.29, 1.82) is 0 Å². The van der Waals surface area contributed by atoms with Gasteiger partial charge < -0.3 is 5.11 Å². The minimum atomic E-state index is -0.417. The van der Waals surface area contributed by atoms with Gasteiger partial charge in [0.05, 0.1) is 5.60 Å². The zero-order chi connectivity index (χ0) is 13.0. The Bertz CT molecular complexity index is 152. The van der Waals surface area contributed by atoms with Crippen LogP contribution in [-0.4, -0.2) is 10.7 Å². The summed E-state index contributed by atoms with van der Waals surface area (Å²) in [5, 5.41) is 9.85. The lowest BCUT2D eigenvalue weighted by Gasteiger charge is -2.20. The molecule has 0 bridgehead atoms. The second kappa shape index (κ2) is 11.1. The predicted octanol–water partition coefficient (Wildman–Crippen LogP) is 5.46. The molecule has 1 N–H and O–H groups in total. The second-order valence-electron chi connectivity index (χ2n) is 5.78. The normalized spacial score (nSPS) is 14.8. The average Bonchev–Trinajstić information content (AvgIpc) is 2.31. The topological polar surface area (TPSA) is 20.2 Å². The third-order valence-corrected chi connectivity index (χ3v) is 3.83. The SMILES string of the molecule is CCCCCCCCCCCC[C@@](C)(O)CC. The zero-order valence-electron chi connectivity index (χ0n) is 12.4. The fourth-order valence-electron chi connectivity index (χ4n) is 2.17. The van der Waals surface area contributed by atoms with Crippen molar-refractivity contribution in [2.24, 2.45) is 0 Å². The summed E-state index contributed by atoms with van der Waals surface area (Å²) in [7, 11) is 0. The quantitative estimate of drug-likeness (QED) is 0.451. The lowest BCUT2D eigenvalue weighted by Crippen LogP contribution is -2.22. The van der Waals surface area contributed by atoms with Crippen LogP contribution in [0.15, 0.2) is 0 Å². The summed E-state index contributed by atoms with van der Waals surface area (Å²) in [6, 6.07) is 0. The largest absolute Gasteiger partial charge is 0.390 e. The van der Waals surface area contributed by atoms with Crippen molar-refractivity contribution in [2.45, 2.75) is 103 Å². The molecule has 0 rings (SSSR count). The molecular formula is C16H34O. The van der Waals surface area contributed by atoms with Crippen LogP contribution in [0.5, 0.6) is 0 Å². The highest BCUT2D eigenvalue weighted by atomic mass is 16.3. The smallest absolute Gasteiger partial charge is 0.0617 e. The van der Waals surface area contributed by atoms with Gasteiger partial charge in [0, 0.05) is 0 Å². The van der Waals surface area contributed by atoms with Crippen molar-refractivity contribution in [3.8, 4) is 0 Å². The highest BCUT2D eigenvalue weighted by Crippen LogP contribution is 2.19. The lowest BCUT2D eigenvalue weighted by atomic mass is 9.95. The Morgan fingerprint density at radius 3 is 1.53 bits per heavy atom. The summed E-state index contributed by atoms with van der Waals surface area (Å²) in [5.74, 6) is 0. The molecule has 0 saturated carbocycles. The van der Waals surface area contributed by atoms with E-state index < -0.39 is 5.60 Å². The molecule has 0 spiro atoms. The summed E-state index contributed by atoms with van der Waals surface area (Å²) in [5.41, 5.74) is -0.417. The first-order valence-corrected chi connectivity index (χ1v) is 7.84. The van der Waals surface area contributed by atoms with Crippen molar-refractivity contribution < 1.29 is 5.11 Å². The highest BCUT2D eigenvalue weighted by molar-refractivity contribution is 4.69. The Kier molecular flexibility index (Phi) is 11.0. The maximum atomic E-state index is 9.85. The first-order valence-electron chi connectivity index (χ1n) is 7.84. The van der Waals surface area contributed by atoms with E-state index in [2.05, 4.69) is 13.8 Å². The summed E-state index contributed by atoms with van der Waals surface area (Å²) in [4.78, 5) is 0. The Morgan fingerprint density at radius 1 is 0.706 bits per heavy atom. The minimum Gasteiger partial charge on any atom is -0.390 e. The molecule has 104 valence electrons. The van der Waals surface area contributed by atoms with Crippen LogP contribution in [0.1, 0.15) is 97.8 Å². The fourth-order valence-corrected chi connectivity index (χ4v) is 2.17. The van der Waals surface area contributed by atoms with E-state index >= 15 is 0 Å². The molecule has 0 aromatic carbocycles. The maximum Gasteiger partial charge on any atom is 0.0617 e. The van der Waals surface area contributed by atoms with Crippen molar-refractivity contribution in [3.63, 3.8) is 0 Å². The van der Waals surface area contributed by atoms with Gasteiger partial charge in [0.15, 0.2) is 0 Å². The van der Waals surface area contributed by atoms with E-state index in [1.54, 1.807) is 0 Å². The fraction of sp³-hybridized carbons (Fsp3) is 1.00. The molecule has 1 heteroatoms. The molecule has 17 heavy (non-hydrogen) atoms. The third kappa shape index (κ3) is 12.2. The van der Waals surface area contributed by atoms with Crippen LogP contribution in [-0.2, 0) is 0 Å². The van der Waals surface area contributed by atoms with Gasteiger partial charge in [0.2, 0.25) is 0 Å². The van der Waals surface area contributed by atoms with Crippen LogP contribution in [0.4, 0.5) is 0 Å². The molecule has 0 heterocycles. The van der Waals surface area contributed by atoms with Crippen molar-refractivity contribution in [2.75, 3.05) is 0 Å². The Balaban J connectivity index is 3.09. The third-order valence-electron chi connectivity index (χ3n) is 3.83. The summed E-state index contributed by atoms with van der Waals surface area (Å²) in [6.07, 6.45) is 15.5. The van der Waals surface area contributed by atoms with Gasteiger partial charge in [-0.05, 0) is 19.8 Å². The summed E-state index contributed by atoms with van der Waals surface area (Å²) in [6.45, 7) is 6.29. The van der Waals surface area contributed by atoms with Gasteiger partial charge in [-0.25, -0.2) is 0 Å². The number of hydrogen-bond donors (Lipinski definition) is 1. The summed E-state index contributed by atoms with van der Waals surface area (Å²) >= 11 is 0. The summed E-state index contributed by atoms with van der Waals surface area (Å²) < 4.78 is 0. The number of unbranched alkanes of at least 4 members (excludes halogenated alkanes) is 9. The standard InChI is InChI=1S/C16H34O/c1-4-6-7-8-9-10-11-12-13-14-15-16(3,17)5-2/h17H,4-15H2,1-3H3/t16-/m0/s1. The van der Waals surface area contributed by atoms with Crippen LogP contribution in [0.3, 0.4) is 0 Å². The van der Waals surface area contributed by atoms with E-state index in [9.17, 15) is 5.11 Å². The molecule has 0 aromatic heterocycles. The van der Waals surface area contributed by atoms with Gasteiger partial charge in [-0.1, -0.05) is 78.1 Å². The molecule has 0 aliphatic rings. The number of hydrogen-bond acceptors (Lipinski definition) is 1. The van der Waals surface area contributed by atoms with Crippen molar-refractivity contribution in [1.82, 2.24) is 0 Å².